The van der Waals surface area contributed by atoms with Crippen LogP contribution in [-0.4, -0.2) is 51.0 Å². The van der Waals surface area contributed by atoms with Gasteiger partial charge in [-0.3, -0.25) is 0 Å². The van der Waals surface area contributed by atoms with Gasteiger partial charge in [-0.25, -0.2) is 20.8 Å². The zero-order valence-electron chi connectivity index (χ0n) is 20.9. The van der Waals surface area contributed by atoms with Crippen molar-refractivity contribution in [1.82, 2.24) is 21.5 Å². The summed E-state index contributed by atoms with van der Waals surface area (Å²) >= 11 is 0. The minimum absolute atomic E-state index is 0.689. The molecule has 0 fully saturated rings. The number of nitrogens with zero attached hydrogens (tertiary/aromatic N) is 4. The molecule has 0 bridgehead atoms. The molecular formula is C26H38N8. The predicted octanol–water partition coefficient (Wildman–Crippen LogP) is 3.76. The second-order valence-electron chi connectivity index (χ2n) is 7.83. The molecule has 0 unspecified atom stereocenters. The van der Waals surface area contributed by atoms with Crippen molar-refractivity contribution in [3.8, 4) is 0 Å². The lowest BCUT2D eigenvalue weighted by Gasteiger charge is -2.07. The lowest BCUT2D eigenvalue weighted by molar-refractivity contribution is 0.920. The summed E-state index contributed by atoms with van der Waals surface area (Å²) < 4.78 is 0. The van der Waals surface area contributed by atoms with Gasteiger partial charge in [0.2, 0.25) is 11.9 Å². The Hall–Kier alpha value is -3.94. The van der Waals surface area contributed by atoms with Gasteiger partial charge in [-0.15, -0.1) is 0 Å². The molecule has 0 aromatic heterocycles. The van der Waals surface area contributed by atoms with Crippen molar-refractivity contribution in [2.45, 2.75) is 27.7 Å². The van der Waals surface area contributed by atoms with Gasteiger partial charge in [0.25, 0.3) is 0 Å². The molecule has 0 spiro atoms. The summed E-state index contributed by atoms with van der Waals surface area (Å²) in [6.45, 7) is 26.7. The number of hydrogen-bond acceptors (Lipinski definition) is 8. The monoisotopic (exact) mass is 462 g/mol. The highest BCUT2D eigenvalue weighted by Gasteiger charge is 2.03. The quantitative estimate of drug-likeness (QED) is 0.238. The summed E-state index contributed by atoms with van der Waals surface area (Å²) in [6.07, 6.45) is 11.7. The van der Waals surface area contributed by atoms with Crippen LogP contribution < -0.4 is 21.5 Å². The molecule has 2 aliphatic rings. The average Bonchev–Trinajstić information content (AvgIpc) is 3.49. The molecule has 0 aromatic rings. The van der Waals surface area contributed by atoms with E-state index in [4.69, 9.17) is 0 Å². The maximum absolute atomic E-state index is 4.23. The number of aliphatic imine (C=N–C) groups is 2. The molecule has 0 radical (unpaired) electrons. The Morgan fingerprint density at radius 3 is 1.91 bits per heavy atom. The van der Waals surface area contributed by atoms with Gasteiger partial charge in [-0.2, -0.15) is 10.2 Å². The number of hydrogen-bond donors (Lipinski definition) is 4. The topological polar surface area (TPSA) is 97.6 Å². The van der Waals surface area contributed by atoms with E-state index in [1.807, 2.05) is 19.9 Å². The van der Waals surface area contributed by atoms with Gasteiger partial charge in [0.15, 0.2) is 0 Å². The molecule has 0 saturated carbocycles. The Kier molecular flexibility index (Phi) is 13.1. The average molecular weight is 463 g/mol. The Bertz CT molecular complexity index is 967. The van der Waals surface area contributed by atoms with E-state index in [2.05, 4.69) is 100 Å². The normalized spacial score (nSPS) is 15.7. The van der Waals surface area contributed by atoms with Gasteiger partial charge in [-0.05, 0) is 56.6 Å². The molecular weight excluding hydrogens is 424 g/mol. The van der Waals surface area contributed by atoms with Crippen molar-refractivity contribution in [2.24, 2.45) is 20.2 Å². The van der Waals surface area contributed by atoms with Crippen molar-refractivity contribution in [1.29, 1.82) is 0 Å². The van der Waals surface area contributed by atoms with Crippen LogP contribution in [0.5, 0.6) is 0 Å². The highest BCUT2D eigenvalue weighted by atomic mass is 15.4. The molecule has 182 valence electrons. The fraction of sp³-hybridized carbons (Fsp3) is 0.308. The third kappa shape index (κ3) is 11.6. The summed E-state index contributed by atoms with van der Waals surface area (Å²) in [5.74, 6) is 1.41. The third-order valence-corrected chi connectivity index (χ3v) is 4.37. The Balaban J connectivity index is 0.000000605. The van der Waals surface area contributed by atoms with E-state index < -0.39 is 0 Å². The van der Waals surface area contributed by atoms with Crippen LogP contribution in [-0.2, 0) is 0 Å². The van der Waals surface area contributed by atoms with E-state index in [0.717, 1.165) is 60.0 Å². The lowest BCUT2D eigenvalue weighted by Crippen LogP contribution is -2.30. The first-order valence-corrected chi connectivity index (χ1v) is 11.1. The summed E-state index contributed by atoms with van der Waals surface area (Å²) in [5.41, 5.74) is 11.6. The van der Waals surface area contributed by atoms with Gasteiger partial charge < -0.3 is 10.6 Å². The fourth-order valence-electron chi connectivity index (χ4n) is 2.54. The van der Waals surface area contributed by atoms with Crippen molar-refractivity contribution in [3.63, 3.8) is 0 Å². The van der Waals surface area contributed by atoms with Crippen molar-refractivity contribution in [2.75, 3.05) is 26.2 Å². The Labute approximate surface area is 204 Å². The fourth-order valence-corrected chi connectivity index (χ4v) is 2.54. The molecule has 2 heterocycles. The second kappa shape index (κ2) is 15.8. The molecule has 8 nitrogen and oxygen atoms in total. The summed E-state index contributed by atoms with van der Waals surface area (Å²) in [5, 5.41) is 13.7. The Morgan fingerprint density at radius 2 is 1.47 bits per heavy atom. The summed E-state index contributed by atoms with van der Waals surface area (Å²) in [6, 6.07) is 0. The first kappa shape index (κ1) is 28.1. The van der Waals surface area contributed by atoms with Gasteiger partial charge in [0.05, 0.1) is 19.3 Å². The first-order valence-electron chi connectivity index (χ1n) is 11.1. The molecule has 0 atom stereocenters. The molecule has 2 aliphatic heterocycles. The zero-order chi connectivity index (χ0) is 25.3. The molecule has 0 aliphatic carbocycles. The van der Waals surface area contributed by atoms with Crippen molar-refractivity contribution < 1.29 is 0 Å². The van der Waals surface area contributed by atoms with Gasteiger partial charge in [0.1, 0.15) is 0 Å². The third-order valence-electron chi connectivity index (χ3n) is 4.37. The molecule has 0 aromatic carbocycles. The Morgan fingerprint density at radius 1 is 0.882 bits per heavy atom. The van der Waals surface area contributed by atoms with Crippen LogP contribution in [0.2, 0.25) is 0 Å². The van der Waals surface area contributed by atoms with Gasteiger partial charge in [0, 0.05) is 19.8 Å². The second-order valence-corrected chi connectivity index (χ2v) is 7.83. The lowest BCUT2D eigenvalue weighted by atomic mass is 9.99. The van der Waals surface area contributed by atoms with E-state index in [0.29, 0.717) is 5.96 Å². The summed E-state index contributed by atoms with van der Waals surface area (Å²) in [4.78, 5) is 8.21. The SMILES string of the molecule is C=CC(/C=N\NC1=NCCN1)=C\C(=C\C(=C\C=C(C)C)C(=C)C)C(=C)C.C=NNC1=NCCN1. The van der Waals surface area contributed by atoms with Crippen LogP contribution in [0.25, 0.3) is 0 Å². The summed E-state index contributed by atoms with van der Waals surface area (Å²) in [7, 11) is 0. The zero-order valence-corrected chi connectivity index (χ0v) is 20.9. The molecule has 34 heavy (non-hydrogen) atoms. The van der Waals surface area contributed by atoms with E-state index in [1.165, 1.54) is 5.57 Å². The maximum atomic E-state index is 4.23. The number of rotatable bonds is 9. The van der Waals surface area contributed by atoms with Crippen molar-refractivity contribution >= 4 is 24.9 Å². The number of allylic oxidation sites excluding steroid dienone is 11. The maximum Gasteiger partial charge on any atom is 0.212 e. The van der Waals surface area contributed by atoms with Crippen LogP contribution in [0, 0.1) is 0 Å². The van der Waals surface area contributed by atoms with E-state index >= 15 is 0 Å². The van der Waals surface area contributed by atoms with Crippen LogP contribution >= 0.6 is 0 Å². The minimum atomic E-state index is 0.689. The van der Waals surface area contributed by atoms with Gasteiger partial charge in [-0.1, -0.05) is 54.7 Å². The molecule has 4 N–H and O–H groups in total. The highest BCUT2D eigenvalue weighted by Crippen LogP contribution is 2.19. The van der Waals surface area contributed by atoms with Crippen molar-refractivity contribution in [3.05, 3.63) is 83.6 Å². The molecule has 0 amide bonds. The van der Waals surface area contributed by atoms with E-state index in [1.54, 1.807) is 12.3 Å². The largest absolute Gasteiger partial charge is 0.353 e. The molecule has 0 saturated heterocycles. The molecule has 8 heteroatoms. The molecule has 2 rings (SSSR count). The number of hydrazone groups is 2. The number of nitrogens with one attached hydrogen (secondary N) is 4. The van der Waals surface area contributed by atoms with Crippen LogP contribution in [0.15, 0.2) is 104 Å². The first-order chi connectivity index (χ1) is 16.3. The van der Waals surface area contributed by atoms with Crippen LogP contribution in [0.4, 0.5) is 0 Å². The predicted molar refractivity (Wildman–Crippen MR) is 148 cm³/mol. The number of guanidine groups is 2. The van der Waals surface area contributed by atoms with Crippen LogP contribution in [0.1, 0.15) is 27.7 Å². The van der Waals surface area contributed by atoms with E-state index in [9.17, 15) is 0 Å². The van der Waals surface area contributed by atoms with Gasteiger partial charge >= 0.3 is 0 Å². The minimum Gasteiger partial charge on any atom is -0.353 e. The standard InChI is InChI=1S/C22H30N4.C4H8N4/c1-8-19(15-25-26-22-23-11-12-24-22)13-21(18(6)7)14-20(17(4)5)10-9-16(2)3;1-5-8-4-6-2-3-7-4/h8-10,13-15H,1,4,6,11-12H2,2-3,5,7H3,(H2,23,24,26);1-3H2,(H2,6,7,8)/b19-13+,20-10-,21-14-,25-15-;. The van der Waals surface area contributed by atoms with Crippen LogP contribution in [0.3, 0.4) is 0 Å². The highest BCUT2D eigenvalue weighted by molar-refractivity contribution is 5.86. The smallest absolute Gasteiger partial charge is 0.212 e. The van der Waals surface area contributed by atoms with E-state index in [-0.39, 0.29) is 0 Å².